The summed E-state index contributed by atoms with van der Waals surface area (Å²) in [5, 5.41) is 1.57. The van der Waals surface area contributed by atoms with Gasteiger partial charge in [0, 0.05) is 0 Å². The van der Waals surface area contributed by atoms with E-state index in [4.69, 9.17) is 0 Å². The van der Waals surface area contributed by atoms with E-state index in [2.05, 4.69) is 0 Å². The summed E-state index contributed by atoms with van der Waals surface area (Å²) in [6.07, 6.45) is -5.77. The average molecular weight is 194 g/mol. The molecule has 1 nitrogen and oxygen atoms in total. The fourth-order valence-corrected chi connectivity index (χ4v) is 1.37. The highest BCUT2D eigenvalue weighted by Gasteiger charge is 2.31. The van der Waals surface area contributed by atoms with Gasteiger partial charge in [0.05, 0.1) is 4.88 Å². The van der Waals surface area contributed by atoms with Crippen LogP contribution in [0.3, 0.4) is 0 Å². The van der Waals surface area contributed by atoms with Crippen molar-refractivity contribution in [2.75, 3.05) is 0 Å². The highest BCUT2D eigenvalue weighted by molar-refractivity contribution is 7.12. The van der Waals surface area contributed by atoms with Crippen molar-refractivity contribution in [1.82, 2.24) is 0 Å². The Labute approximate surface area is 70.8 Å². The maximum atomic E-state index is 11.7. The second-order valence-corrected chi connectivity index (χ2v) is 3.14. The van der Waals surface area contributed by atoms with Gasteiger partial charge >= 0.3 is 6.18 Å². The summed E-state index contributed by atoms with van der Waals surface area (Å²) >= 11 is 1.02. The van der Waals surface area contributed by atoms with Crippen molar-refractivity contribution in [3.63, 3.8) is 0 Å². The molecule has 5 heteroatoms. The predicted molar refractivity (Wildman–Crippen MR) is 39.3 cm³/mol. The third-order valence-corrected chi connectivity index (χ3v) is 2.07. The van der Waals surface area contributed by atoms with E-state index in [1.807, 2.05) is 0 Å². The molecule has 0 aliphatic rings. The van der Waals surface area contributed by atoms with Gasteiger partial charge in [-0.25, -0.2) is 0 Å². The topological polar surface area (TPSA) is 17.1 Å². The van der Waals surface area contributed by atoms with Gasteiger partial charge in [0.15, 0.2) is 5.78 Å². The molecule has 0 aliphatic heterocycles. The van der Waals surface area contributed by atoms with Gasteiger partial charge in [-0.2, -0.15) is 13.2 Å². The lowest BCUT2D eigenvalue weighted by atomic mass is 10.2. The lowest BCUT2D eigenvalue weighted by Crippen LogP contribution is -2.13. The average Bonchev–Trinajstić information content (AvgIpc) is 2.32. The maximum absolute atomic E-state index is 11.7. The molecular formula is C7H5F3OS. The SMILES string of the molecule is O=C(CC(F)(F)F)c1cccs1. The van der Waals surface area contributed by atoms with Gasteiger partial charge < -0.3 is 0 Å². The Morgan fingerprint density at radius 3 is 2.58 bits per heavy atom. The number of halogens is 3. The first-order chi connectivity index (χ1) is 5.49. The molecule has 0 radical (unpaired) electrons. The summed E-state index contributed by atoms with van der Waals surface area (Å²) < 4.78 is 35.0. The zero-order chi connectivity index (χ0) is 9.19. The van der Waals surface area contributed by atoms with Gasteiger partial charge in [-0.15, -0.1) is 11.3 Å². The van der Waals surface area contributed by atoms with Gasteiger partial charge in [0.1, 0.15) is 6.42 Å². The number of ketones is 1. The predicted octanol–water partition coefficient (Wildman–Crippen LogP) is 2.88. The van der Waals surface area contributed by atoms with E-state index in [0.717, 1.165) is 11.3 Å². The minimum atomic E-state index is -4.40. The van der Waals surface area contributed by atoms with Crippen LogP contribution in [0.5, 0.6) is 0 Å². The minimum Gasteiger partial charge on any atom is -0.293 e. The van der Waals surface area contributed by atoms with E-state index in [1.54, 1.807) is 11.4 Å². The van der Waals surface area contributed by atoms with Gasteiger partial charge in [-0.05, 0) is 11.4 Å². The summed E-state index contributed by atoms with van der Waals surface area (Å²) in [7, 11) is 0. The number of hydrogen-bond donors (Lipinski definition) is 0. The Morgan fingerprint density at radius 2 is 2.17 bits per heavy atom. The molecule has 0 saturated carbocycles. The molecule has 0 aliphatic carbocycles. The molecule has 0 atom stereocenters. The Kier molecular flexibility index (Phi) is 2.52. The van der Waals surface area contributed by atoms with Crippen LogP contribution in [0.2, 0.25) is 0 Å². The Morgan fingerprint density at radius 1 is 1.50 bits per heavy atom. The maximum Gasteiger partial charge on any atom is 0.396 e. The highest BCUT2D eigenvalue weighted by Crippen LogP contribution is 2.23. The van der Waals surface area contributed by atoms with Crippen LogP contribution < -0.4 is 0 Å². The van der Waals surface area contributed by atoms with Gasteiger partial charge in [0.2, 0.25) is 0 Å². The zero-order valence-corrected chi connectivity index (χ0v) is 6.71. The minimum absolute atomic E-state index is 0.160. The van der Waals surface area contributed by atoms with Crippen molar-refractivity contribution in [3.8, 4) is 0 Å². The van der Waals surface area contributed by atoms with Crippen molar-refractivity contribution < 1.29 is 18.0 Å². The fraction of sp³-hybridized carbons (Fsp3) is 0.286. The monoisotopic (exact) mass is 194 g/mol. The van der Waals surface area contributed by atoms with Crippen LogP contribution >= 0.6 is 11.3 Å². The van der Waals surface area contributed by atoms with Crippen molar-refractivity contribution >= 4 is 17.1 Å². The van der Waals surface area contributed by atoms with Crippen molar-refractivity contribution in [1.29, 1.82) is 0 Å². The second-order valence-electron chi connectivity index (χ2n) is 2.19. The van der Waals surface area contributed by atoms with Crippen LogP contribution in [-0.4, -0.2) is 12.0 Å². The third kappa shape index (κ3) is 2.65. The number of rotatable bonds is 2. The molecular weight excluding hydrogens is 189 g/mol. The van der Waals surface area contributed by atoms with Crippen molar-refractivity contribution in [2.24, 2.45) is 0 Å². The van der Waals surface area contributed by atoms with E-state index >= 15 is 0 Å². The molecule has 0 saturated heterocycles. The molecule has 1 aromatic rings. The summed E-state index contributed by atoms with van der Waals surface area (Å²) in [6.45, 7) is 0. The number of thiophene rings is 1. The van der Waals surface area contributed by atoms with Crippen LogP contribution in [0.1, 0.15) is 16.1 Å². The normalized spacial score (nSPS) is 11.6. The summed E-state index contributed by atoms with van der Waals surface area (Å²) in [5.74, 6) is -0.863. The van der Waals surface area contributed by atoms with E-state index in [1.165, 1.54) is 6.07 Å². The molecule has 0 unspecified atom stereocenters. The molecule has 0 spiro atoms. The molecule has 66 valence electrons. The lowest BCUT2D eigenvalue weighted by molar-refractivity contribution is -0.125. The number of Topliss-reactive ketones (excluding diaryl/α,β-unsaturated/α-hetero) is 1. The smallest absolute Gasteiger partial charge is 0.293 e. The van der Waals surface area contributed by atoms with Gasteiger partial charge in [-0.1, -0.05) is 6.07 Å². The number of carbonyl (C=O) groups is 1. The first kappa shape index (κ1) is 9.25. The first-order valence-electron chi connectivity index (χ1n) is 3.12. The molecule has 1 aromatic heterocycles. The third-order valence-electron chi connectivity index (χ3n) is 1.16. The van der Waals surface area contributed by atoms with Crippen molar-refractivity contribution in [3.05, 3.63) is 22.4 Å². The Hall–Kier alpha value is -0.840. The second kappa shape index (κ2) is 3.26. The highest BCUT2D eigenvalue weighted by atomic mass is 32.1. The number of hydrogen-bond acceptors (Lipinski definition) is 2. The summed E-state index contributed by atoms with van der Waals surface area (Å²) in [6, 6.07) is 2.94. The summed E-state index contributed by atoms with van der Waals surface area (Å²) in [5.41, 5.74) is 0. The molecule has 1 heterocycles. The molecule has 0 amide bonds. The van der Waals surface area contributed by atoms with E-state index < -0.39 is 18.4 Å². The quantitative estimate of drug-likeness (QED) is 0.661. The van der Waals surface area contributed by atoms with Crippen LogP contribution in [0.25, 0.3) is 0 Å². The molecule has 0 N–H and O–H groups in total. The standard InChI is InChI=1S/C7H5F3OS/c8-7(9,10)4-5(11)6-2-1-3-12-6/h1-3H,4H2. The van der Waals surface area contributed by atoms with Crippen LogP contribution in [0.15, 0.2) is 17.5 Å². The van der Waals surface area contributed by atoms with Crippen molar-refractivity contribution in [2.45, 2.75) is 12.6 Å². The van der Waals surface area contributed by atoms with E-state index in [0.29, 0.717) is 0 Å². The number of carbonyl (C=O) groups excluding carboxylic acids is 1. The number of alkyl halides is 3. The van der Waals surface area contributed by atoms with Crippen LogP contribution in [0.4, 0.5) is 13.2 Å². The van der Waals surface area contributed by atoms with Crippen LogP contribution in [0, 0.1) is 0 Å². The van der Waals surface area contributed by atoms with Gasteiger partial charge in [0.25, 0.3) is 0 Å². The van der Waals surface area contributed by atoms with E-state index in [-0.39, 0.29) is 4.88 Å². The molecule has 0 aromatic carbocycles. The van der Waals surface area contributed by atoms with Crippen LogP contribution in [-0.2, 0) is 0 Å². The van der Waals surface area contributed by atoms with E-state index in [9.17, 15) is 18.0 Å². The Balaban J connectivity index is 2.63. The molecule has 1 rings (SSSR count). The van der Waals surface area contributed by atoms with Gasteiger partial charge in [-0.3, -0.25) is 4.79 Å². The molecule has 12 heavy (non-hydrogen) atoms. The molecule has 0 bridgehead atoms. The first-order valence-corrected chi connectivity index (χ1v) is 4.00. The largest absolute Gasteiger partial charge is 0.396 e. The molecule has 0 fully saturated rings. The lowest BCUT2D eigenvalue weighted by Gasteiger charge is -2.02. The zero-order valence-electron chi connectivity index (χ0n) is 5.89. The fourth-order valence-electron chi connectivity index (χ4n) is 0.706. The Bertz CT molecular complexity index is 263. The summed E-state index contributed by atoms with van der Waals surface area (Å²) in [4.78, 5) is 11.0.